The molecule has 2 aromatic heterocycles. The van der Waals surface area contributed by atoms with Crippen LogP contribution >= 0.6 is 11.3 Å². The van der Waals surface area contributed by atoms with E-state index in [0.29, 0.717) is 29.5 Å². The van der Waals surface area contributed by atoms with Crippen LogP contribution in [0.25, 0.3) is 11.5 Å². The number of piperidine rings is 1. The summed E-state index contributed by atoms with van der Waals surface area (Å²) in [4.78, 5) is 12.7. The molecule has 10 heteroatoms. The quantitative estimate of drug-likeness (QED) is 0.643. The molecule has 4 rings (SSSR count). The van der Waals surface area contributed by atoms with Crippen LogP contribution in [0.15, 0.2) is 44.3 Å². The van der Waals surface area contributed by atoms with E-state index in [9.17, 15) is 13.2 Å². The summed E-state index contributed by atoms with van der Waals surface area (Å²) in [6, 6.07) is 9.16. The summed E-state index contributed by atoms with van der Waals surface area (Å²) in [6.45, 7) is 4.49. The molecule has 1 amide bonds. The van der Waals surface area contributed by atoms with Crippen molar-refractivity contribution in [3.8, 4) is 11.5 Å². The number of anilines is 1. The van der Waals surface area contributed by atoms with E-state index in [1.807, 2.05) is 32.0 Å². The standard InChI is InChI=1S/C20H22N4O4S2/c1-13-7-8-16(14(2)11-13)19-22-23-20(28-19)21-18(25)15-5-3-9-24(12-15)30(26,27)17-6-4-10-29-17/h4,6-8,10-11,15H,3,5,9,12H2,1-2H3,(H,21,23,25). The molecule has 0 radical (unpaired) electrons. The first-order chi connectivity index (χ1) is 14.3. The Kier molecular flexibility index (Phi) is 5.72. The molecule has 1 atom stereocenters. The molecule has 1 saturated heterocycles. The van der Waals surface area contributed by atoms with E-state index in [2.05, 4.69) is 15.5 Å². The molecule has 1 fully saturated rings. The van der Waals surface area contributed by atoms with Gasteiger partial charge in [0.15, 0.2) is 0 Å². The third-order valence-electron chi connectivity index (χ3n) is 5.11. The molecular formula is C20H22N4O4S2. The average Bonchev–Trinajstić information content (AvgIpc) is 3.41. The van der Waals surface area contributed by atoms with Crippen molar-refractivity contribution >= 4 is 33.3 Å². The minimum Gasteiger partial charge on any atom is -0.403 e. The summed E-state index contributed by atoms with van der Waals surface area (Å²) >= 11 is 1.17. The fraction of sp³-hybridized carbons (Fsp3) is 0.350. The lowest BCUT2D eigenvalue weighted by Crippen LogP contribution is -2.43. The Hall–Kier alpha value is -2.56. The van der Waals surface area contributed by atoms with Gasteiger partial charge in [-0.3, -0.25) is 10.1 Å². The van der Waals surface area contributed by atoms with Crippen molar-refractivity contribution in [2.24, 2.45) is 5.92 Å². The number of benzene rings is 1. The summed E-state index contributed by atoms with van der Waals surface area (Å²) in [5.74, 6) is -0.477. The molecule has 1 aliphatic heterocycles. The third kappa shape index (κ3) is 4.16. The Morgan fingerprint density at radius 3 is 2.83 bits per heavy atom. The molecule has 1 aliphatic rings. The number of sulfonamides is 1. The Bertz CT molecular complexity index is 1160. The zero-order chi connectivity index (χ0) is 21.3. The second-order valence-corrected chi connectivity index (χ2v) is 10.5. The zero-order valence-electron chi connectivity index (χ0n) is 16.7. The predicted molar refractivity (Wildman–Crippen MR) is 114 cm³/mol. The van der Waals surface area contributed by atoms with Gasteiger partial charge in [0.05, 0.1) is 5.92 Å². The minimum atomic E-state index is -3.58. The second-order valence-electron chi connectivity index (χ2n) is 7.35. The number of amides is 1. The highest BCUT2D eigenvalue weighted by atomic mass is 32.2. The number of thiophene rings is 1. The highest BCUT2D eigenvalue weighted by molar-refractivity contribution is 7.91. The van der Waals surface area contributed by atoms with Crippen LogP contribution in [0.4, 0.5) is 6.01 Å². The average molecular weight is 447 g/mol. The highest BCUT2D eigenvalue weighted by Crippen LogP contribution is 2.28. The van der Waals surface area contributed by atoms with E-state index in [4.69, 9.17) is 4.42 Å². The summed E-state index contributed by atoms with van der Waals surface area (Å²) < 4.78 is 32.8. The summed E-state index contributed by atoms with van der Waals surface area (Å²) in [5.41, 5.74) is 2.93. The van der Waals surface area contributed by atoms with Gasteiger partial charge in [-0.2, -0.15) is 4.31 Å². The largest absolute Gasteiger partial charge is 0.403 e. The molecule has 1 unspecified atom stereocenters. The van der Waals surface area contributed by atoms with Crippen molar-refractivity contribution in [1.29, 1.82) is 0 Å². The highest BCUT2D eigenvalue weighted by Gasteiger charge is 2.34. The number of nitrogens with zero attached hydrogens (tertiary/aromatic N) is 3. The summed E-state index contributed by atoms with van der Waals surface area (Å²) in [5, 5.41) is 12.3. The van der Waals surface area contributed by atoms with Gasteiger partial charge in [-0.05, 0) is 49.8 Å². The first-order valence-electron chi connectivity index (χ1n) is 9.60. The monoisotopic (exact) mass is 446 g/mol. The van der Waals surface area contributed by atoms with Crippen molar-refractivity contribution in [2.75, 3.05) is 18.4 Å². The Morgan fingerprint density at radius 2 is 2.10 bits per heavy atom. The molecule has 1 aromatic carbocycles. The van der Waals surface area contributed by atoms with E-state index >= 15 is 0 Å². The number of aromatic nitrogens is 2. The molecule has 0 saturated carbocycles. The van der Waals surface area contributed by atoms with E-state index in [-0.39, 0.29) is 18.5 Å². The van der Waals surface area contributed by atoms with Gasteiger partial charge in [0.25, 0.3) is 10.0 Å². The summed E-state index contributed by atoms with van der Waals surface area (Å²) in [7, 11) is -3.58. The van der Waals surface area contributed by atoms with Gasteiger partial charge in [0.2, 0.25) is 11.8 Å². The molecule has 158 valence electrons. The lowest BCUT2D eigenvalue weighted by Gasteiger charge is -2.30. The van der Waals surface area contributed by atoms with Crippen LogP contribution in [0, 0.1) is 19.8 Å². The number of carbonyl (C=O) groups is 1. The van der Waals surface area contributed by atoms with Crippen LogP contribution in [0.2, 0.25) is 0 Å². The van der Waals surface area contributed by atoms with E-state index in [0.717, 1.165) is 16.7 Å². The lowest BCUT2D eigenvalue weighted by molar-refractivity contribution is -0.121. The fourth-order valence-corrected chi connectivity index (χ4v) is 6.22. The number of nitrogens with one attached hydrogen (secondary N) is 1. The normalized spacial score (nSPS) is 17.7. The smallest absolute Gasteiger partial charge is 0.322 e. The maximum atomic E-state index is 12.8. The molecule has 0 bridgehead atoms. The molecule has 1 N–H and O–H groups in total. The van der Waals surface area contributed by atoms with Crippen LogP contribution in [-0.4, -0.2) is 41.9 Å². The maximum absolute atomic E-state index is 12.8. The van der Waals surface area contributed by atoms with E-state index in [1.165, 1.54) is 15.6 Å². The van der Waals surface area contributed by atoms with Gasteiger partial charge in [0.1, 0.15) is 4.21 Å². The predicted octanol–water partition coefficient (Wildman–Crippen LogP) is 3.45. The van der Waals surface area contributed by atoms with Gasteiger partial charge in [-0.15, -0.1) is 16.4 Å². The summed E-state index contributed by atoms with van der Waals surface area (Å²) in [6.07, 6.45) is 1.21. The number of hydrogen-bond acceptors (Lipinski definition) is 7. The van der Waals surface area contributed by atoms with Crippen molar-refractivity contribution in [3.63, 3.8) is 0 Å². The van der Waals surface area contributed by atoms with Gasteiger partial charge in [-0.1, -0.05) is 28.9 Å². The van der Waals surface area contributed by atoms with E-state index < -0.39 is 15.9 Å². The Balaban J connectivity index is 1.45. The van der Waals surface area contributed by atoms with Gasteiger partial charge in [0, 0.05) is 18.7 Å². The first kappa shape index (κ1) is 20.7. The second kappa shape index (κ2) is 8.29. The first-order valence-corrected chi connectivity index (χ1v) is 11.9. The van der Waals surface area contributed by atoms with Crippen LogP contribution in [0.5, 0.6) is 0 Å². The van der Waals surface area contributed by atoms with E-state index in [1.54, 1.807) is 17.5 Å². The minimum absolute atomic E-state index is 0.00760. The number of hydrogen-bond donors (Lipinski definition) is 1. The molecule has 8 nitrogen and oxygen atoms in total. The lowest BCUT2D eigenvalue weighted by atomic mass is 9.99. The molecule has 3 aromatic rings. The maximum Gasteiger partial charge on any atom is 0.322 e. The molecular weight excluding hydrogens is 424 g/mol. The SMILES string of the molecule is Cc1ccc(-c2nnc(NC(=O)C3CCCN(S(=O)(=O)c4cccs4)C3)o2)c(C)c1. The van der Waals surface area contributed by atoms with Crippen LogP contribution in [0.1, 0.15) is 24.0 Å². The Morgan fingerprint density at radius 1 is 1.27 bits per heavy atom. The van der Waals surface area contributed by atoms with Gasteiger partial charge >= 0.3 is 6.01 Å². The number of carbonyl (C=O) groups excluding carboxylic acids is 1. The van der Waals surface area contributed by atoms with Crippen LogP contribution < -0.4 is 5.32 Å². The zero-order valence-corrected chi connectivity index (χ0v) is 18.3. The van der Waals surface area contributed by atoms with Gasteiger partial charge in [-0.25, -0.2) is 8.42 Å². The number of aryl methyl sites for hydroxylation is 2. The topological polar surface area (TPSA) is 105 Å². The third-order valence-corrected chi connectivity index (χ3v) is 8.35. The molecule has 0 spiro atoms. The van der Waals surface area contributed by atoms with Crippen molar-refractivity contribution in [1.82, 2.24) is 14.5 Å². The van der Waals surface area contributed by atoms with Crippen molar-refractivity contribution in [3.05, 3.63) is 46.8 Å². The van der Waals surface area contributed by atoms with Crippen molar-refractivity contribution in [2.45, 2.75) is 30.9 Å². The van der Waals surface area contributed by atoms with Crippen LogP contribution in [-0.2, 0) is 14.8 Å². The fourth-order valence-electron chi connectivity index (χ4n) is 3.56. The Labute approximate surface area is 179 Å². The van der Waals surface area contributed by atoms with Gasteiger partial charge < -0.3 is 4.42 Å². The molecule has 30 heavy (non-hydrogen) atoms. The molecule has 3 heterocycles. The van der Waals surface area contributed by atoms with Crippen LogP contribution in [0.3, 0.4) is 0 Å². The van der Waals surface area contributed by atoms with Crippen molar-refractivity contribution < 1.29 is 17.6 Å². The number of rotatable bonds is 5. The molecule has 0 aliphatic carbocycles.